The summed E-state index contributed by atoms with van der Waals surface area (Å²) in [6.07, 6.45) is 1.03. The summed E-state index contributed by atoms with van der Waals surface area (Å²) in [5.41, 5.74) is 1.30. The number of alkyl halides is 1. The van der Waals surface area contributed by atoms with Crippen molar-refractivity contribution in [3.05, 3.63) is 35.9 Å². The van der Waals surface area contributed by atoms with Crippen molar-refractivity contribution in [3.63, 3.8) is 0 Å². The Kier molecular flexibility index (Phi) is 3.67. The van der Waals surface area contributed by atoms with Gasteiger partial charge in [-0.1, -0.05) is 30.3 Å². The first-order chi connectivity index (χ1) is 7.81. The maximum Gasteiger partial charge on any atom is 0.315 e. The Morgan fingerprint density at radius 2 is 2.12 bits per heavy atom. The minimum Gasteiger partial charge on any atom is -0.337 e. The van der Waals surface area contributed by atoms with Crippen LogP contribution in [-0.4, -0.2) is 24.5 Å². The summed E-state index contributed by atoms with van der Waals surface area (Å²) >= 11 is 5.48. The van der Waals surface area contributed by atoms with Crippen LogP contribution in [0.1, 0.15) is 17.9 Å². The molecule has 0 aromatic heterocycles. The number of benzene rings is 1. The number of carbonyl (C=O) groups is 1. The van der Waals surface area contributed by atoms with Crippen molar-refractivity contribution in [2.45, 2.75) is 18.4 Å². The molecule has 0 bridgehead atoms. The average Bonchev–Trinajstić information content (AvgIpc) is 3.07. The van der Waals surface area contributed by atoms with Gasteiger partial charge in [-0.3, -0.25) is 0 Å². The molecule has 3 nitrogen and oxygen atoms in total. The van der Waals surface area contributed by atoms with E-state index < -0.39 is 0 Å². The standard InChI is InChI=1S/C12H15ClN2O/c13-6-7-14-12(16)15-11-8-10(11)9-4-2-1-3-5-9/h1-5,10-11H,6-8H2,(H2,14,15,16)/t10-,11+/m0/s1. The second kappa shape index (κ2) is 5.21. The van der Waals surface area contributed by atoms with E-state index >= 15 is 0 Å². The molecule has 1 aromatic carbocycles. The van der Waals surface area contributed by atoms with Gasteiger partial charge in [0, 0.05) is 24.4 Å². The lowest BCUT2D eigenvalue weighted by atomic mass is 10.1. The van der Waals surface area contributed by atoms with Crippen LogP contribution in [-0.2, 0) is 0 Å². The third kappa shape index (κ3) is 2.89. The van der Waals surface area contributed by atoms with E-state index in [-0.39, 0.29) is 12.1 Å². The van der Waals surface area contributed by atoms with Gasteiger partial charge in [-0.2, -0.15) is 0 Å². The Bertz CT molecular complexity index is 355. The molecule has 1 saturated carbocycles. The van der Waals surface area contributed by atoms with Crippen LogP contribution in [0, 0.1) is 0 Å². The van der Waals surface area contributed by atoms with Gasteiger partial charge < -0.3 is 10.6 Å². The van der Waals surface area contributed by atoms with Gasteiger partial charge in [-0.05, 0) is 12.0 Å². The van der Waals surface area contributed by atoms with Gasteiger partial charge in [-0.25, -0.2) is 4.79 Å². The molecule has 4 heteroatoms. The normalized spacial score (nSPS) is 22.6. The Hall–Kier alpha value is -1.22. The third-order valence-electron chi connectivity index (χ3n) is 2.71. The molecule has 2 N–H and O–H groups in total. The third-order valence-corrected chi connectivity index (χ3v) is 2.90. The predicted octanol–water partition coefficient (Wildman–Crippen LogP) is 2.08. The summed E-state index contributed by atoms with van der Waals surface area (Å²) in [6.45, 7) is 0.510. The van der Waals surface area contributed by atoms with Gasteiger partial charge in [0.25, 0.3) is 0 Å². The molecule has 0 heterocycles. The van der Waals surface area contributed by atoms with E-state index in [0.29, 0.717) is 18.3 Å². The Morgan fingerprint density at radius 3 is 2.81 bits per heavy atom. The first-order valence-electron chi connectivity index (χ1n) is 5.46. The van der Waals surface area contributed by atoms with Crippen LogP contribution in [0.5, 0.6) is 0 Å². The van der Waals surface area contributed by atoms with E-state index in [9.17, 15) is 4.79 Å². The van der Waals surface area contributed by atoms with Crippen LogP contribution in [0.25, 0.3) is 0 Å². The van der Waals surface area contributed by atoms with Crippen molar-refractivity contribution < 1.29 is 4.79 Å². The van der Waals surface area contributed by atoms with E-state index in [4.69, 9.17) is 11.6 Å². The number of hydrogen-bond donors (Lipinski definition) is 2. The monoisotopic (exact) mass is 238 g/mol. The summed E-state index contributed by atoms with van der Waals surface area (Å²) in [6, 6.07) is 10.4. The Labute approximate surface area is 100 Å². The Morgan fingerprint density at radius 1 is 1.38 bits per heavy atom. The van der Waals surface area contributed by atoms with Crippen molar-refractivity contribution in [3.8, 4) is 0 Å². The fourth-order valence-corrected chi connectivity index (χ4v) is 1.90. The minimum absolute atomic E-state index is 0.121. The number of hydrogen-bond acceptors (Lipinski definition) is 1. The number of halogens is 1. The number of urea groups is 1. The molecular weight excluding hydrogens is 224 g/mol. The molecule has 0 radical (unpaired) electrons. The van der Waals surface area contributed by atoms with E-state index in [0.717, 1.165) is 6.42 Å². The maximum atomic E-state index is 11.3. The fourth-order valence-electron chi connectivity index (χ4n) is 1.80. The molecule has 2 rings (SSSR count). The number of nitrogens with one attached hydrogen (secondary N) is 2. The van der Waals surface area contributed by atoms with E-state index in [1.807, 2.05) is 18.2 Å². The van der Waals surface area contributed by atoms with Crippen LogP contribution in [0.2, 0.25) is 0 Å². The lowest BCUT2D eigenvalue weighted by Crippen LogP contribution is -2.38. The molecule has 1 fully saturated rings. The summed E-state index contributed by atoms with van der Waals surface area (Å²) in [5.74, 6) is 0.920. The molecule has 2 amide bonds. The molecule has 86 valence electrons. The summed E-state index contributed by atoms with van der Waals surface area (Å²) in [7, 11) is 0. The molecule has 0 aliphatic heterocycles. The summed E-state index contributed by atoms with van der Waals surface area (Å²) < 4.78 is 0. The highest BCUT2D eigenvalue weighted by Crippen LogP contribution is 2.40. The molecule has 0 saturated heterocycles. The lowest BCUT2D eigenvalue weighted by molar-refractivity contribution is 0.241. The lowest BCUT2D eigenvalue weighted by Gasteiger charge is -2.05. The largest absolute Gasteiger partial charge is 0.337 e. The fraction of sp³-hybridized carbons (Fsp3) is 0.417. The molecule has 1 aliphatic rings. The van der Waals surface area contributed by atoms with Crippen molar-refractivity contribution >= 4 is 17.6 Å². The van der Waals surface area contributed by atoms with Crippen molar-refractivity contribution in [2.75, 3.05) is 12.4 Å². The molecule has 0 unspecified atom stereocenters. The maximum absolute atomic E-state index is 11.3. The van der Waals surface area contributed by atoms with Gasteiger partial charge in [-0.15, -0.1) is 11.6 Å². The molecule has 1 aromatic rings. The zero-order chi connectivity index (χ0) is 11.4. The van der Waals surface area contributed by atoms with Crippen molar-refractivity contribution in [1.82, 2.24) is 10.6 Å². The molecule has 16 heavy (non-hydrogen) atoms. The number of amides is 2. The smallest absolute Gasteiger partial charge is 0.315 e. The molecule has 1 aliphatic carbocycles. The van der Waals surface area contributed by atoms with Crippen LogP contribution in [0.4, 0.5) is 4.79 Å². The van der Waals surface area contributed by atoms with Crippen molar-refractivity contribution in [2.24, 2.45) is 0 Å². The van der Waals surface area contributed by atoms with E-state index in [1.54, 1.807) is 0 Å². The van der Waals surface area contributed by atoms with Gasteiger partial charge >= 0.3 is 6.03 Å². The second-order valence-corrected chi connectivity index (χ2v) is 4.33. The molecular formula is C12H15ClN2O. The highest BCUT2D eigenvalue weighted by atomic mass is 35.5. The highest BCUT2D eigenvalue weighted by molar-refractivity contribution is 6.18. The van der Waals surface area contributed by atoms with Gasteiger partial charge in [0.15, 0.2) is 0 Å². The van der Waals surface area contributed by atoms with Gasteiger partial charge in [0.2, 0.25) is 0 Å². The van der Waals surface area contributed by atoms with Crippen LogP contribution in [0.3, 0.4) is 0 Å². The zero-order valence-electron chi connectivity index (χ0n) is 8.95. The predicted molar refractivity (Wildman–Crippen MR) is 64.8 cm³/mol. The number of carbonyl (C=O) groups excluding carboxylic acids is 1. The average molecular weight is 239 g/mol. The Balaban J connectivity index is 1.77. The van der Waals surface area contributed by atoms with E-state index in [2.05, 4.69) is 22.8 Å². The van der Waals surface area contributed by atoms with Crippen molar-refractivity contribution in [1.29, 1.82) is 0 Å². The topological polar surface area (TPSA) is 41.1 Å². The van der Waals surface area contributed by atoms with Crippen LogP contribution < -0.4 is 10.6 Å². The number of rotatable bonds is 4. The quantitative estimate of drug-likeness (QED) is 0.775. The molecule has 2 atom stereocenters. The van der Waals surface area contributed by atoms with E-state index in [1.165, 1.54) is 5.56 Å². The van der Waals surface area contributed by atoms with Crippen LogP contribution in [0.15, 0.2) is 30.3 Å². The van der Waals surface area contributed by atoms with Gasteiger partial charge in [0.05, 0.1) is 0 Å². The molecule has 0 spiro atoms. The zero-order valence-corrected chi connectivity index (χ0v) is 9.70. The van der Waals surface area contributed by atoms with Crippen LogP contribution >= 0.6 is 11.6 Å². The van der Waals surface area contributed by atoms with Gasteiger partial charge in [0.1, 0.15) is 0 Å². The second-order valence-electron chi connectivity index (χ2n) is 3.95. The summed E-state index contributed by atoms with van der Waals surface area (Å²) in [4.78, 5) is 11.3. The SMILES string of the molecule is O=C(NCCCl)N[C@@H]1C[C@H]1c1ccccc1. The first kappa shape index (κ1) is 11.3. The minimum atomic E-state index is -0.121. The highest BCUT2D eigenvalue weighted by Gasteiger charge is 2.39. The summed E-state index contributed by atoms with van der Waals surface area (Å²) in [5, 5.41) is 5.62. The first-order valence-corrected chi connectivity index (χ1v) is 6.00.